The first-order valence-corrected chi connectivity index (χ1v) is 3.58. The van der Waals surface area contributed by atoms with Gasteiger partial charge in [0.2, 0.25) is 0 Å². The van der Waals surface area contributed by atoms with Crippen LogP contribution in [0.25, 0.3) is 0 Å². The van der Waals surface area contributed by atoms with Crippen molar-refractivity contribution in [2.24, 2.45) is 5.92 Å². The maximum absolute atomic E-state index is 12.5. The minimum atomic E-state index is -0.643. The molecule has 0 heterocycles. The van der Waals surface area contributed by atoms with E-state index in [0.717, 1.165) is 12.8 Å². The van der Waals surface area contributed by atoms with E-state index in [1.54, 1.807) is 0 Å². The van der Waals surface area contributed by atoms with Crippen LogP contribution in [0.2, 0.25) is 0 Å². The predicted molar refractivity (Wildman–Crippen MR) is 33.9 cm³/mol. The lowest BCUT2D eigenvalue weighted by Crippen LogP contribution is -2.18. The minimum Gasteiger partial charge on any atom is -0.396 e. The maximum Gasteiger partial charge on any atom is 0.100 e. The van der Waals surface area contributed by atoms with E-state index >= 15 is 0 Å². The van der Waals surface area contributed by atoms with Crippen molar-refractivity contribution in [3.63, 3.8) is 0 Å². The summed E-state index contributed by atoms with van der Waals surface area (Å²) >= 11 is 0. The summed E-state index contributed by atoms with van der Waals surface area (Å²) in [4.78, 5) is 0. The molecule has 2 atom stereocenters. The zero-order valence-corrected chi connectivity index (χ0v) is 5.52. The molecule has 0 radical (unpaired) electrons. The number of aliphatic hydroxyl groups is 1. The van der Waals surface area contributed by atoms with E-state index in [9.17, 15) is 4.39 Å². The Morgan fingerprint density at radius 1 is 1.44 bits per heavy atom. The van der Waals surface area contributed by atoms with Gasteiger partial charge in [0.05, 0.1) is 0 Å². The first kappa shape index (κ1) is 7.00. The number of alkyl halides is 1. The van der Waals surface area contributed by atoms with E-state index in [-0.39, 0.29) is 12.5 Å². The molecule has 1 aliphatic rings. The normalized spacial score (nSPS) is 36.7. The molecule has 1 saturated carbocycles. The lowest BCUT2D eigenvalue weighted by atomic mass is 9.89. The summed E-state index contributed by atoms with van der Waals surface area (Å²) < 4.78 is 12.5. The van der Waals surface area contributed by atoms with Gasteiger partial charge in [-0.1, -0.05) is 6.42 Å². The van der Waals surface area contributed by atoms with Crippen LogP contribution in [0.3, 0.4) is 0 Å². The summed E-state index contributed by atoms with van der Waals surface area (Å²) in [5.41, 5.74) is 0. The quantitative estimate of drug-likeness (QED) is 0.573. The van der Waals surface area contributed by atoms with E-state index in [1.165, 1.54) is 0 Å². The van der Waals surface area contributed by atoms with Crippen molar-refractivity contribution in [2.45, 2.75) is 31.9 Å². The van der Waals surface area contributed by atoms with E-state index in [4.69, 9.17) is 5.11 Å². The molecular weight excluding hydrogens is 119 g/mol. The van der Waals surface area contributed by atoms with Gasteiger partial charge in [-0.15, -0.1) is 0 Å². The van der Waals surface area contributed by atoms with Crippen LogP contribution in [0.15, 0.2) is 0 Å². The number of hydrogen-bond donors (Lipinski definition) is 1. The number of rotatable bonds is 1. The molecule has 0 aromatic rings. The molecule has 0 unspecified atom stereocenters. The smallest absolute Gasteiger partial charge is 0.100 e. The van der Waals surface area contributed by atoms with Crippen LogP contribution in [0.1, 0.15) is 25.7 Å². The van der Waals surface area contributed by atoms with Gasteiger partial charge in [-0.05, 0) is 25.2 Å². The predicted octanol–water partition coefficient (Wildman–Crippen LogP) is 1.51. The highest BCUT2D eigenvalue weighted by molar-refractivity contribution is 4.71. The monoisotopic (exact) mass is 132 g/mol. The molecule has 1 N–H and O–H groups in total. The zero-order chi connectivity index (χ0) is 6.69. The Bertz CT molecular complexity index is 85.0. The van der Waals surface area contributed by atoms with Gasteiger partial charge in [0.15, 0.2) is 0 Å². The van der Waals surface area contributed by atoms with Crippen LogP contribution in [-0.2, 0) is 0 Å². The molecule has 1 nitrogen and oxygen atoms in total. The average Bonchev–Trinajstić information content (AvgIpc) is 1.88. The molecule has 0 amide bonds. The SMILES string of the molecule is OC[C@@H]1CCC[C@H](F)C1. The molecule has 1 aliphatic carbocycles. The Kier molecular flexibility index (Phi) is 2.46. The first-order valence-electron chi connectivity index (χ1n) is 3.58. The maximum atomic E-state index is 12.5. The fourth-order valence-corrected chi connectivity index (χ4v) is 1.39. The highest BCUT2D eigenvalue weighted by atomic mass is 19.1. The van der Waals surface area contributed by atoms with Crippen LogP contribution >= 0.6 is 0 Å². The fraction of sp³-hybridized carbons (Fsp3) is 1.00. The van der Waals surface area contributed by atoms with Crippen LogP contribution in [-0.4, -0.2) is 17.9 Å². The van der Waals surface area contributed by atoms with Gasteiger partial charge in [-0.25, -0.2) is 4.39 Å². The Hall–Kier alpha value is -0.110. The first-order chi connectivity index (χ1) is 4.33. The summed E-state index contributed by atoms with van der Waals surface area (Å²) in [5.74, 6) is 0.244. The van der Waals surface area contributed by atoms with Crippen molar-refractivity contribution in [1.82, 2.24) is 0 Å². The molecule has 0 aliphatic heterocycles. The zero-order valence-electron chi connectivity index (χ0n) is 5.52. The van der Waals surface area contributed by atoms with Crippen molar-refractivity contribution in [3.05, 3.63) is 0 Å². The van der Waals surface area contributed by atoms with Crippen molar-refractivity contribution >= 4 is 0 Å². The van der Waals surface area contributed by atoms with Crippen molar-refractivity contribution in [3.8, 4) is 0 Å². The van der Waals surface area contributed by atoms with Crippen molar-refractivity contribution < 1.29 is 9.50 Å². The Labute approximate surface area is 54.9 Å². The minimum absolute atomic E-state index is 0.167. The third kappa shape index (κ3) is 1.94. The molecule has 0 aromatic carbocycles. The molecule has 0 saturated heterocycles. The second-order valence-corrected chi connectivity index (χ2v) is 2.81. The van der Waals surface area contributed by atoms with E-state index < -0.39 is 6.17 Å². The summed E-state index contributed by atoms with van der Waals surface area (Å²) in [5, 5.41) is 8.64. The molecule has 0 aromatic heterocycles. The number of halogens is 1. The van der Waals surface area contributed by atoms with Crippen LogP contribution < -0.4 is 0 Å². The van der Waals surface area contributed by atoms with Gasteiger partial charge >= 0.3 is 0 Å². The molecule has 1 fully saturated rings. The fourth-order valence-electron chi connectivity index (χ4n) is 1.39. The third-order valence-corrected chi connectivity index (χ3v) is 1.98. The van der Waals surface area contributed by atoms with Gasteiger partial charge in [0.25, 0.3) is 0 Å². The second kappa shape index (κ2) is 3.16. The Morgan fingerprint density at radius 3 is 2.67 bits per heavy atom. The van der Waals surface area contributed by atoms with Gasteiger partial charge in [-0.3, -0.25) is 0 Å². The summed E-state index contributed by atoms with van der Waals surface area (Å²) in [6.07, 6.45) is 2.60. The van der Waals surface area contributed by atoms with Crippen LogP contribution in [0.5, 0.6) is 0 Å². The standard InChI is InChI=1S/C7H13FO/c8-7-3-1-2-6(4-7)5-9/h6-7,9H,1-5H2/t6-,7+/m1/s1. The molecule has 9 heavy (non-hydrogen) atoms. The highest BCUT2D eigenvalue weighted by Crippen LogP contribution is 2.25. The largest absolute Gasteiger partial charge is 0.396 e. The van der Waals surface area contributed by atoms with Gasteiger partial charge in [0.1, 0.15) is 6.17 Å². The Morgan fingerprint density at radius 2 is 2.22 bits per heavy atom. The van der Waals surface area contributed by atoms with Crippen molar-refractivity contribution in [2.75, 3.05) is 6.61 Å². The molecule has 54 valence electrons. The summed E-state index contributed by atoms with van der Waals surface area (Å²) in [6, 6.07) is 0. The van der Waals surface area contributed by atoms with Crippen LogP contribution in [0.4, 0.5) is 4.39 Å². The summed E-state index contributed by atoms with van der Waals surface area (Å²) in [7, 11) is 0. The average molecular weight is 132 g/mol. The number of hydrogen-bond acceptors (Lipinski definition) is 1. The molecule has 0 bridgehead atoms. The molecule has 1 rings (SSSR count). The highest BCUT2D eigenvalue weighted by Gasteiger charge is 2.19. The lowest BCUT2D eigenvalue weighted by Gasteiger charge is -2.21. The van der Waals surface area contributed by atoms with Gasteiger partial charge < -0.3 is 5.11 Å². The second-order valence-electron chi connectivity index (χ2n) is 2.81. The van der Waals surface area contributed by atoms with Crippen LogP contribution in [0, 0.1) is 5.92 Å². The van der Waals surface area contributed by atoms with E-state index in [2.05, 4.69) is 0 Å². The number of aliphatic hydroxyl groups excluding tert-OH is 1. The Balaban J connectivity index is 2.23. The summed E-state index contributed by atoms with van der Waals surface area (Å²) in [6.45, 7) is 0.167. The lowest BCUT2D eigenvalue weighted by molar-refractivity contribution is 0.136. The van der Waals surface area contributed by atoms with Crippen molar-refractivity contribution in [1.29, 1.82) is 0 Å². The molecular formula is C7H13FO. The van der Waals surface area contributed by atoms with E-state index in [0.29, 0.717) is 12.8 Å². The van der Waals surface area contributed by atoms with Gasteiger partial charge in [-0.2, -0.15) is 0 Å². The molecule has 2 heteroatoms. The van der Waals surface area contributed by atoms with Gasteiger partial charge in [0, 0.05) is 6.61 Å². The molecule has 0 spiro atoms. The topological polar surface area (TPSA) is 20.2 Å². The van der Waals surface area contributed by atoms with E-state index in [1.807, 2.05) is 0 Å². The third-order valence-electron chi connectivity index (χ3n) is 1.98.